The molecular formula is C16H20ClN3O. The number of hydrogen-bond acceptors (Lipinski definition) is 3. The Kier molecular flexibility index (Phi) is 3.91. The van der Waals surface area contributed by atoms with Gasteiger partial charge in [-0.2, -0.15) is 5.10 Å². The van der Waals surface area contributed by atoms with Crippen LogP contribution in [0.2, 0.25) is 5.02 Å². The van der Waals surface area contributed by atoms with Gasteiger partial charge in [0.15, 0.2) is 0 Å². The molecule has 2 N–H and O–H groups in total. The Balaban J connectivity index is 1.77. The van der Waals surface area contributed by atoms with Gasteiger partial charge in [0, 0.05) is 12.6 Å². The third-order valence-electron chi connectivity index (χ3n) is 4.07. The van der Waals surface area contributed by atoms with Crippen LogP contribution in [0.1, 0.15) is 41.9 Å². The van der Waals surface area contributed by atoms with Crippen molar-refractivity contribution in [2.24, 2.45) is 5.73 Å². The molecule has 0 saturated carbocycles. The van der Waals surface area contributed by atoms with Gasteiger partial charge < -0.3 is 10.5 Å². The van der Waals surface area contributed by atoms with E-state index in [0.717, 1.165) is 36.5 Å². The Morgan fingerprint density at radius 1 is 1.48 bits per heavy atom. The molecular weight excluding hydrogens is 286 g/mol. The molecule has 0 amide bonds. The van der Waals surface area contributed by atoms with Gasteiger partial charge in [-0.15, -0.1) is 0 Å². The second kappa shape index (κ2) is 5.70. The Morgan fingerprint density at radius 3 is 3.05 bits per heavy atom. The normalized spacial score (nSPS) is 17.0. The highest BCUT2D eigenvalue weighted by Crippen LogP contribution is 2.32. The van der Waals surface area contributed by atoms with Crippen molar-refractivity contribution in [1.29, 1.82) is 0 Å². The molecule has 4 nitrogen and oxygen atoms in total. The highest BCUT2D eigenvalue weighted by Gasteiger charge is 2.19. The topological polar surface area (TPSA) is 53.1 Å². The second-order valence-electron chi connectivity index (χ2n) is 5.46. The maximum atomic E-state index is 6.29. The molecule has 1 aliphatic rings. The first kappa shape index (κ1) is 14.4. The molecule has 1 aromatic carbocycles. The lowest BCUT2D eigenvalue weighted by Crippen LogP contribution is -2.07. The first-order chi connectivity index (χ1) is 10.1. The average Bonchev–Trinajstić information content (AvgIpc) is 2.98. The minimum atomic E-state index is 0.174. The van der Waals surface area contributed by atoms with Gasteiger partial charge in [0.05, 0.1) is 16.4 Å². The zero-order chi connectivity index (χ0) is 15.0. The van der Waals surface area contributed by atoms with Crippen LogP contribution in [0, 0.1) is 6.92 Å². The summed E-state index contributed by atoms with van der Waals surface area (Å²) in [5.41, 5.74) is 10.4. The number of aromatic nitrogens is 2. The van der Waals surface area contributed by atoms with E-state index in [9.17, 15) is 0 Å². The van der Waals surface area contributed by atoms with Crippen molar-refractivity contribution in [1.82, 2.24) is 9.78 Å². The molecule has 0 bridgehead atoms. The van der Waals surface area contributed by atoms with E-state index in [4.69, 9.17) is 22.1 Å². The first-order valence-corrected chi connectivity index (χ1v) is 7.71. The summed E-state index contributed by atoms with van der Waals surface area (Å²) in [7, 11) is 0. The highest BCUT2D eigenvalue weighted by atomic mass is 35.5. The Bertz CT molecular complexity index is 666. The van der Waals surface area contributed by atoms with Crippen molar-refractivity contribution in [3.63, 3.8) is 0 Å². The summed E-state index contributed by atoms with van der Waals surface area (Å²) in [6, 6.07) is 6.33. The lowest BCUT2D eigenvalue weighted by Gasteiger charge is -2.10. The van der Waals surface area contributed by atoms with E-state index in [1.165, 1.54) is 11.1 Å². The van der Waals surface area contributed by atoms with Crippen LogP contribution in [0.15, 0.2) is 18.2 Å². The molecule has 21 heavy (non-hydrogen) atoms. The van der Waals surface area contributed by atoms with Gasteiger partial charge in [0.2, 0.25) is 0 Å². The molecule has 1 atom stereocenters. The summed E-state index contributed by atoms with van der Waals surface area (Å²) in [6.45, 7) is 5.17. The van der Waals surface area contributed by atoms with E-state index >= 15 is 0 Å². The van der Waals surface area contributed by atoms with Crippen molar-refractivity contribution in [3.8, 4) is 5.75 Å². The van der Waals surface area contributed by atoms with E-state index in [0.29, 0.717) is 11.6 Å². The maximum absolute atomic E-state index is 6.29. The molecule has 0 radical (unpaired) electrons. The van der Waals surface area contributed by atoms with Gasteiger partial charge >= 0.3 is 0 Å². The summed E-state index contributed by atoms with van der Waals surface area (Å²) in [6.07, 6.45) is 2.05. The zero-order valence-corrected chi connectivity index (χ0v) is 13.2. The molecule has 1 aromatic heterocycles. The minimum Gasteiger partial charge on any atom is -0.487 e. The van der Waals surface area contributed by atoms with Gasteiger partial charge in [0.25, 0.3) is 0 Å². The van der Waals surface area contributed by atoms with Gasteiger partial charge in [-0.3, -0.25) is 4.68 Å². The van der Waals surface area contributed by atoms with Crippen LogP contribution < -0.4 is 10.5 Å². The van der Waals surface area contributed by atoms with Gasteiger partial charge in [-0.25, -0.2) is 0 Å². The summed E-state index contributed by atoms with van der Waals surface area (Å²) in [5.74, 6) is 0.862. The van der Waals surface area contributed by atoms with Gasteiger partial charge in [0.1, 0.15) is 12.4 Å². The summed E-state index contributed by atoms with van der Waals surface area (Å²) in [4.78, 5) is 0. The quantitative estimate of drug-likeness (QED) is 0.942. The molecule has 0 spiro atoms. The summed E-state index contributed by atoms with van der Waals surface area (Å²) in [5, 5.41) is 5.09. The largest absolute Gasteiger partial charge is 0.487 e. The van der Waals surface area contributed by atoms with E-state index in [1.54, 1.807) is 0 Å². The van der Waals surface area contributed by atoms with E-state index in [1.807, 2.05) is 24.6 Å². The van der Waals surface area contributed by atoms with Crippen molar-refractivity contribution in [2.45, 2.75) is 45.9 Å². The van der Waals surface area contributed by atoms with Crippen LogP contribution in [0.5, 0.6) is 5.75 Å². The fourth-order valence-corrected chi connectivity index (χ4v) is 3.07. The number of rotatable bonds is 4. The Morgan fingerprint density at radius 2 is 2.29 bits per heavy atom. The molecule has 1 heterocycles. The molecule has 0 aliphatic heterocycles. The number of aryl methyl sites for hydroxylation is 3. The number of nitrogens with zero attached hydrogens (tertiary/aromatic N) is 2. The van der Waals surface area contributed by atoms with Crippen LogP contribution >= 0.6 is 11.6 Å². The number of nitrogens with two attached hydrogens (primary N) is 1. The number of hydrogen-bond donors (Lipinski definition) is 1. The van der Waals surface area contributed by atoms with Crippen molar-refractivity contribution in [2.75, 3.05) is 0 Å². The SMILES string of the molecule is CCn1nc(C)c(Cl)c1COc1ccc2c(c1)CC[C@H]2N. The summed E-state index contributed by atoms with van der Waals surface area (Å²) < 4.78 is 7.79. The standard InChI is InChI=1S/C16H20ClN3O/c1-3-20-15(16(17)10(2)19-20)9-21-12-5-6-13-11(8-12)4-7-14(13)18/h5-6,8,14H,3-4,7,9,18H2,1-2H3/t14-/m1/s1. The number of benzene rings is 1. The lowest BCUT2D eigenvalue weighted by molar-refractivity contribution is 0.292. The van der Waals surface area contributed by atoms with Crippen molar-refractivity contribution < 1.29 is 4.74 Å². The maximum Gasteiger partial charge on any atom is 0.131 e. The van der Waals surface area contributed by atoms with Crippen LogP contribution in [0.3, 0.4) is 0 Å². The first-order valence-electron chi connectivity index (χ1n) is 7.33. The third-order valence-corrected chi connectivity index (χ3v) is 4.56. The van der Waals surface area contributed by atoms with Crippen LogP contribution in [0.25, 0.3) is 0 Å². The Labute approximate surface area is 129 Å². The molecule has 0 saturated heterocycles. The van der Waals surface area contributed by atoms with E-state index < -0.39 is 0 Å². The predicted octanol–water partition coefficient (Wildman–Crippen LogP) is 3.39. The third kappa shape index (κ3) is 2.65. The molecule has 2 aromatic rings. The van der Waals surface area contributed by atoms with Crippen LogP contribution in [-0.2, 0) is 19.6 Å². The number of fused-ring (bicyclic) bond motifs is 1. The van der Waals surface area contributed by atoms with Crippen molar-refractivity contribution in [3.05, 3.63) is 45.7 Å². The highest BCUT2D eigenvalue weighted by molar-refractivity contribution is 6.31. The lowest BCUT2D eigenvalue weighted by atomic mass is 10.1. The van der Waals surface area contributed by atoms with Gasteiger partial charge in [-0.05, 0) is 49.9 Å². The molecule has 0 unspecified atom stereocenters. The second-order valence-corrected chi connectivity index (χ2v) is 5.83. The zero-order valence-electron chi connectivity index (χ0n) is 12.4. The average molecular weight is 306 g/mol. The molecule has 3 rings (SSSR count). The number of halogens is 1. The monoisotopic (exact) mass is 305 g/mol. The molecule has 5 heteroatoms. The smallest absolute Gasteiger partial charge is 0.131 e. The van der Waals surface area contributed by atoms with E-state index in [2.05, 4.69) is 17.2 Å². The number of ether oxygens (including phenoxy) is 1. The Hall–Kier alpha value is -1.52. The van der Waals surface area contributed by atoms with Crippen molar-refractivity contribution >= 4 is 11.6 Å². The van der Waals surface area contributed by atoms with Crippen LogP contribution in [0.4, 0.5) is 0 Å². The molecule has 0 fully saturated rings. The molecule has 1 aliphatic carbocycles. The molecule has 112 valence electrons. The fraction of sp³-hybridized carbons (Fsp3) is 0.438. The predicted molar refractivity (Wildman–Crippen MR) is 83.7 cm³/mol. The minimum absolute atomic E-state index is 0.174. The van der Waals surface area contributed by atoms with Crippen LogP contribution in [-0.4, -0.2) is 9.78 Å². The van der Waals surface area contributed by atoms with Gasteiger partial charge in [-0.1, -0.05) is 17.7 Å². The van der Waals surface area contributed by atoms with E-state index in [-0.39, 0.29) is 6.04 Å². The summed E-state index contributed by atoms with van der Waals surface area (Å²) >= 11 is 6.29. The fourth-order valence-electron chi connectivity index (χ4n) is 2.88.